The molecule has 0 aromatic heterocycles. The second-order valence-electron chi connectivity index (χ2n) is 4.41. The molecule has 0 unspecified atom stereocenters. The van der Waals surface area contributed by atoms with E-state index in [2.05, 4.69) is 10.0 Å². The molecule has 21 heavy (non-hydrogen) atoms. The predicted octanol–water partition coefficient (Wildman–Crippen LogP) is 3.13. The smallest absolute Gasteiger partial charge is 0.242 e. The van der Waals surface area contributed by atoms with E-state index in [1.807, 2.05) is 13.2 Å². The normalized spacial score (nSPS) is 11.8. The standard InChI is InChI=1S/C13H20Cl2N2O2S2/c1-3-6-16-9-10-11(14)4-5-12(13(10)15)21(18,19)17-7-8-20-2/h4-5,16-17H,3,6-9H2,1-2H3. The van der Waals surface area contributed by atoms with Crippen molar-refractivity contribution in [1.29, 1.82) is 0 Å². The van der Waals surface area contributed by atoms with Crippen LogP contribution in [-0.4, -0.2) is 33.5 Å². The maximum absolute atomic E-state index is 12.3. The Morgan fingerprint density at radius 3 is 2.57 bits per heavy atom. The van der Waals surface area contributed by atoms with Gasteiger partial charge < -0.3 is 5.32 Å². The first-order valence-corrected chi connectivity index (χ1v) is 10.2. The molecule has 4 nitrogen and oxygen atoms in total. The van der Waals surface area contributed by atoms with E-state index >= 15 is 0 Å². The summed E-state index contributed by atoms with van der Waals surface area (Å²) in [5.74, 6) is 0.704. The molecule has 2 N–H and O–H groups in total. The quantitative estimate of drug-likeness (QED) is 0.655. The molecule has 1 rings (SSSR count). The van der Waals surface area contributed by atoms with Crippen LogP contribution in [0.1, 0.15) is 18.9 Å². The van der Waals surface area contributed by atoms with Crippen molar-refractivity contribution in [3.05, 3.63) is 27.7 Å². The number of sulfonamides is 1. The Hall–Kier alpha value is 0.0200. The number of nitrogens with one attached hydrogen (secondary N) is 2. The van der Waals surface area contributed by atoms with Crippen molar-refractivity contribution in [3.8, 4) is 0 Å². The molecule has 0 radical (unpaired) electrons. The van der Waals surface area contributed by atoms with Crippen LogP contribution < -0.4 is 10.0 Å². The summed E-state index contributed by atoms with van der Waals surface area (Å²) in [6.45, 7) is 3.67. The molecule has 0 bridgehead atoms. The summed E-state index contributed by atoms with van der Waals surface area (Å²) in [6, 6.07) is 3.01. The maximum atomic E-state index is 12.3. The van der Waals surface area contributed by atoms with Crippen molar-refractivity contribution in [3.63, 3.8) is 0 Å². The first-order chi connectivity index (χ1) is 9.94. The van der Waals surface area contributed by atoms with Crippen LogP contribution in [0.5, 0.6) is 0 Å². The second kappa shape index (κ2) is 9.22. The van der Waals surface area contributed by atoms with Crippen molar-refractivity contribution >= 4 is 45.0 Å². The van der Waals surface area contributed by atoms with Gasteiger partial charge in [-0.2, -0.15) is 11.8 Å². The van der Waals surface area contributed by atoms with E-state index in [1.54, 1.807) is 17.8 Å². The van der Waals surface area contributed by atoms with E-state index in [1.165, 1.54) is 6.07 Å². The van der Waals surface area contributed by atoms with Crippen LogP contribution in [0, 0.1) is 0 Å². The lowest BCUT2D eigenvalue weighted by Gasteiger charge is -2.13. The van der Waals surface area contributed by atoms with Crippen LogP contribution >= 0.6 is 35.0 Å². The molecular weight excluding hydrogens is 351 g/mol. The molecule has 0 saturated heterocycles. The maximum Gasteiger partial charge on any atom is 0.242 e. The fourth-order valence-electron chi connectivity index (χ4n) is 1.69. The molecule has 0 saturated carbocycles. The summed E-state index contributed by atoms with van der Waals surface area (Å²) < 4.78 is 27.0. The molecule has 0 heterocycles. The highest BCUT2D eigenvalue weighted by atomic mass is 35.5. The highest BCUT2D eigenvalue weighted by molar-refractivity contribution is 7.98. The van der Waals surface area contributed by atoms with Crippen LogP contribution in [0.2, 0.25) is 10.0 Å². The van der Waals surface area contributed by atoms with E-state index < -0.39 is 10.0 Å². The molecule has 0 aliphatic heterocycles. The lowest BCUT2D eigenvalue weighted by Crippen LogP contribution is -2.26. The minimum Gasteiger partial charge on any atom is -0.313 e. The van der Waals surface area contributed by atoms with Gasteiger partial charge in [0.15, 0.2) is 0 Å². The largest absolute Gasteiger partial charge is 0.313 e. The molecule has 0 fully saturated rings. The second-order valence-corrected chi connectivity index (χ2v) is 7.91. The number of benzene rings is 1. The summed E-state index contributed by atoms with van der Waals surface area (Å²) in [7, 11) is -3.61. The van der Waals surface area contributed by atoms with E-state index in [4.69, 9.17) is 23.2 Å². The van der Waals surface area contributed by atoms with Gasteiger partial charge in [-0.3, -0.25) is 0 Å². The molecule has 1 aromatic carbocycles. The highest BCUT2D eigenvalue weighted by Crippen LogP contribution is 2.31. The minimum atomic E-state index is -3.61. The number of thioether (sulfide) groups is 1. The van der Waals surface area contributed by atoms with Crippen molar-refractivity contribution in [2.75, 3.05) is 25.1 Å². The molecular formula is C13H20Cl2N2O2S2. The zero-order chi connectivity index (χ0) is 15.9. The van der Waals surface area contributed by atoms with Gasteiger partial charge in [-0.15, -0.1) is 0 Å². The van der Waals surface area contributed by atoms with Gasteiger partial charge >= 0.3 is 0 Å². The third-order valence-electron chi connectivity index (χ3n) is 2.77. The predicted molar refractivity (Wildman–Crippen MR) is 92.0 cm³/mol. The Balaban J connectivity index is 3.00. The topological polar surface area (TPSA) is 58.2 Å². The molecule has 0 aliphatic carbocycles. The molecule has 1 aromatic rings. The fourth-order valence-corrected chi connectivity index (χ4v) is 4.07. The van der Waals surface area contributed by atoms with Crippen molar-refractivity contribution in [2.45, 2.75) is 24.8 Å². The summed E-state index contributed by atoms with van der Waals surface area (Å²) in [4.78, 5) is 0.0722. The van der Waals surface area contributed by atoms with E-state index in [-0.39, 0.29) is 9.92 Å². The SMILES string of the molecule is CCCNCc1c(Cl)ccc(S(=O)(=O)NCCSC)c1Cl. The molecule has 0 amide bonds. The summed E-state index contributed by atoms with van der Waals surface area (Å²) >= 11 is 13.9. The first kappa shape index (κ1) is 19.1. The lowest BCUT2D eigenvalue weighted by atomic mass is 10.2. The molecule has 0 aliphatic rings. The first-order valence-electron chi connectivity index (χ1n) is 6.60. The van der Waals surface area contributed by atoms with Crippen LogP contribution in [0.4, 0.5) is 0 Å². The fraction of sp³-hybridized carbons (Fsp3) is 0.538. The molecule has 0 atom stereocenters. The van der Waals surface area contributed by atoms with Gasteiger partial charge in [0.1, 0.15) is 4.90 Å². The summed E-state index contributed by atoms with van der Waals surface area (Å²) in [6.07, 6.45) is 2.89. The van der Waals surface area contributed by atoms with Crippen molar-refractivity contribution < 1.29 is 8.42 Å². The number of halogens is 2. The third-order valence-corrected chi connectivity index (χ3v) is 5.78. The van der Waals surface area contributed by atoms with Crippen LogP contribution in [0.25, 0.3) is 0 Å². The van der Waals surface area contributed by atoms with E-state index in [9.17, 15) is 8.42 Å². The highest BCUT2D eigenvalue weighted by Gasteiger charge is 2.21. The zero-order valence-electron chi connectivity index (χ0n) is 12.1. The zero-order valence-corrected chi connectivity index (χ0v) is 15.2. The van der Waals surface area contributed by atoms with Gasteiger partial charge in [0, 0.05) is 29.4 Å². The Morgan fingerprint density at radius 2 is 1.95 bits per heavy atom. The minimum absolute atomic E-state index is 0.0722. The number of hydrogen-bond donors (Lipinski definition) is 2. The Kier molecular flexibility index (Phi) is 8.38. The van der Waals surface area contributed by atoms with Crippen LogP contribution in [0.3, 0.4) is 0 Å². The monoisotopic (exact) mass is 370 g/mol. The Labute approximate surface area is 141 Å². The van der Waals surface area contributed by atoms with Crippen molar-refractivity contribution in [1.82, 2.24) is 10.0 Å². The van der Waals surface area contributed by atoms with Gasteiger partial charge in [-0.05, 0) is 31.4 Å². The van der Waals surface area contributed by atoms with Crippen molar-refractivity contribution in [2.24, 2.45) is 0 Å². The van der Waals surface area contributed by atoms with E-state index in [0.717, 1.165) is 13.0 Å². The Bertz CT molecular complexity index is 566. The number of rotatable bonds is 9. The lowest BCUT2D eigenvalue weighted by molar-refractivity contribution is 0.584. The van der Waals surface area contributed by atoms with Gasteiger partial charge in [-0.1, -0.05) is 30.1 Å². The van der Waals surface area contributed by atoms with Gasteiger partial charge in [0.05, 0.1) is 5.02 Å². The van der Waals surface area contributed by atoms with Gasteiger partial charge in [0.2, 0.25) is 10.0 Å². The van der Waals surface area contributed by atoms with Crippen LogP contribution in [0.15, 0.2) is 17.0 Å². The third kappa shape index (κ3) is 5.62. The molecule has 120 valence electrons. The number of hydrogen-bond acceptors (Lipinski definition) is 4. The Morgan fingerprint density at radius 1 is 1.24 bits per heavy atom. The summed E-state index contributed by atoms with van der Waals surface area (Å²) in [5, 5.41) is 3.82. The van der Waals surface area contributed by atoms with Gasteiger partial charge in [0.25, 0.3) is 0 Å². The molecule has 8 heteroatoms. The average molecular weight is 371 g/mol. The summed E-state index contributed by atoms with van der Waals surface area (Å²) in [5.41, 5.74) is 0.611. The average Bonchev–Trinajstić information content (AvgIpc) is 2.42. The van der Waals surface area contributed by atoms with Crippen LogP contribution in [-0.2, 0) is 16.6 Å². The van der Waals surface area contributed by atoms with E-state index in [0.29, 0.717) is 29.4 Å². The van der Waals surface area contributed by atoms with Gasteiger partial charge in [-0.25, -0.2) is 13.1 Å². The molecule has 0 spiro atoms.